The molecule has 0 atom stereocenters. The fraction of sp³-hybridized carbons (Fsp3) is 0. The fourth-order valence-corrected chi connectivity index (χ4v) is 0. The minimum atomic E-state index is 0. The van der Waals surface area contributed by atoms with Crippen molar-refractivity contribution in [3.63, 3.8) is 0 Å². The maximum absolute atomic E-state index is 4.50. The van der Waals surface area contributed by atoms with Crippen molar-refractivity contribution in [1.29, 1.82) is 0 Å². The van der Waals surface area contributed by atoms with Gasteiger partial charge in [-0.05, 0) is 0 Å². The molecule has 4 radical (unpaired) electrons. The van der Waals surface area contributed by atoms with Gasteiger partial charge in [0.05, 0.1) is 0 Å². The summed E-state index contributed by atoms with van der Waals surface area (Å²) in [4.78, 5) is 0. The van der Waals surface area contributed by atoms with Gasteiger partial charge in [0, 0.05) is 23.9 Å². The fourth-order valence-electron chi connectivity index (χ4n) is 0. The molecule has 0 aromatic heterocycles. The van der Waals surface area contributed by atoms with Crippen LogP contribution < -0.4 is 23.5 Å². The van der Waals surface area contributed by atoms with E-state index in [-0.39, 0.29) is 36.3 Å². The summed E-state index contributed by atoms with van der Waals surface area (Å²) in [5.74, 6) is 0. The van der Waals surface area contributed by atoms with Crippen LogP contribution in [0.2, 0.25) is 0 Å². The number of rotatable bonds is 0. The van der Waals surface area contributed by atoms with Crippen LogP contribution >= 0.6 is 0 Å². The van der Waals surface area contributed by atoms with E-state index in [4.69, 9.17) is 0 Å². The van der Waals surface area contributed by atoms with Crippen LogP contribution in [-0.4, -0.2) is 30.2 Å². The average Bonchev–Trinajstić information content (AvgIpc) is 0.918. The summed E-state index contributed by atoms with van der Waals surface area (Å²) in [5.41, 5.74) is 4.50. The number of hydrogen-bond acceptors (Lipinski definition) is 0. The summed E-state index contributed by atoms with van der Waals surface area (Å²) in [6.07, 6.45) is 1.00. The summed E-state index contributed by atoms with van der Waals surface area (Å²) >= 11 is 0. The van der Waals surface area contributed by atoms with E-state index in [0.29, 0.717) is 0 Å². The quantitative estimate of drug-likeness (QED) is 0.228. The van der Waals surface area contributed by atoms with E-state index in [1.807, 2.05) is 0 Å². The minimum absolute atomic E-state index is 0. The van der Waals surface area contributed by atoms with Gasteiger partial charge in [-0.25, -0.2) is 0 Å². The summed E-state index contributed by atoms with van der Waals surface area (Å²) in [5, 5.41) is 4.50. The van der Waals surface area contributed by atoms with Crippen LogP contribution in [0.25, 0.3) is 0 Å². The Bertz CT molecular complexity index is 17.1. The summed E-state index contributed by atoms with van der Waals surface area (Å²) in [6, 6.07) is 0. The molecule has 0 heterocycles. The van der Waals surface area contributed by atoms with E-state index in [2.05, 4.69) is 11.1 Å². The van der Waals surface area contributed by atoms with E-state index >= 15 is 0 Å². The predicted octanol–water partition coefficient (Wildman–Crippen LogP) is -5.64. The van der Waals surface area contributed by atoms with Gasteiger partial charge in [-0.1, -0.05) is 0 Å². The first-order chi connectivity index (χ1) is 1.41. The van der Waals surface area contributed by atoms with Crippen molar-refractivity contribution in [2.24, 2.45) is 5.73 Å². The number of hydrogen-bond donors (Lipinski definition) is 2. The maximum Gasteiger partial charge on any atom is 0.225 e. The molecular formula is CH5ClN2Sn. The summed E-state index contributed by atoms with van der Waals surface area (Å²) in [6.45, 7) is 0. The van der Waals surface area contributed by atoms with Gasteiger partial charge in [0.1, 0.15) is 0 Å². The van der Waals surface area contributed by atoms with E-state index in [1.165, 1.54) is 0 Å². The minimum Gasteiger partial charge on any atom is -1.00 e. The molecule has 0 aliphatic rings. The number of halogens is 1. The van der Waals surface area contributed by atoms with Crippen LogP contribution in [0.15, 0.2) is 0 Å². The molecule has 0 aliphatic carbocycles. The Balaban J connectivity index is -0.0000000200. The zero-order valence-electron chi connectivity index (χ0n) is 2.61. The van der Waals surface area contributed by atoms with Gasteiger partial charge in [0.15, 0.2) is 0 Å². The Morgan fingerprint density at radius 3 is 1.60 bits per heavy atom. The maximum atomic E-state index is 4.50. The molecule has 0 aromatic carbocycles. The van der Waals surface area contributed by atoms with Crippen molar-refractivity contribution < 1.29 is 17.8 Å². The molecule has 30 valence electrons. The van der Waals surface area contributed by atoms with Crippen molar-refractivity contribution >= 4 is 30.2 Å². The van der Waals surface area contributed by atoms with Crippen molar-refractivity contribution in [3.8, 4) is 0 Å². The van der Waals surface area contributed by atoms with Crippen LogP contribution in [0, 0.1) is 0 Å². The van der Waals surface area contributed by atoms with Gasteiger partial charge in [-0.3, -0.25) is 11.1 Å². The molecule has 0 bridgehead atoms. The van der Waals surface area contributed by atoms with Gasteiger partial charge in [-0.2, -0.15) is 0 Å². The molecule has 0 amide bonds. The molecule has 0 fully saturated rings. The average molecular weight is 199 g/mol. The largest absolute Gasteiger partial charge is 1.00 e. The first kappa shape index (κ1) is 17.6. The Hall–Kier alpha value is 0.559. The third kappa shape index (κ3) is 95.6. The van der Waals surface area contributed by atoms with Gasteiger partial charge >= 0.3 is 0 Å². The Labute approximate surface area is 54.0 Å². The molecule has 0 saturated heterocycles. The second-order valence-electron chi connectivity index (χ2n) is 0.192. The van der Waals surface area contributed by atoms with Crippen LogP contribution in [-0.2, 0) is 0 Å². The van der Waals surface area contributed by atoms with Crippen molar-refractivity contribution in [1.82, 2.24) is 0 Å². The Morgan fingerprint density at radius 1 is 1.60 bits per heavy atom. The molecule has 0 aromatic rings. The zero-order valence-corrected chi connectivity index (χ0v) is 6.22. The van der Waals surface area contributed by atoms with Gasteiger partial charge in [0.2, 0.25) is 6.34 Å². The monoisotopic (exact) mass is 200 g/mol. The third-order valence-electron chi connectivity index (χ3n) is 0. The van der Waals surface area contributed by atoms with Gasteiger partial charge in [-0.15, -0.1) is 0 Å². The molecule has 0 unspecified atom stereocenters. The second kappa shape index (κ2) is 23.8. The van der Waals surface area contributed by atoms with Crippen molar-refractivity contribution in [3.05, 3.63) is 0 Å². The first-order valence-corrected chi connectivity index (χ1v) is 0.667. The Kier molecular flexibility index (Phi) is 83.9. The second-order valence-corrected chi connectivity index (χ2v) is 0.192. The predicted molar refractivity (Wildman–Crippen MR) is 17.9 cm³/mol. The molecule has 0 saturated carbocycles. The van der Waals surface area contributed by atoms with Crippen LogP contribution in [0.5, 0.6) is 0 Å². The number of nitrogens with two attached hydrogens (primary N) is 2. The van der Waals surface area contributed by atoms with Crippen LogP contribution in [0.4, 0.5) is 0 Å². The van der Waals surface area contributed by atoms with Crippen LogP contribution in [0.3, 0.4) is 0 Å². The topological polar surface area (TPSA) is 51.6 Å². The first-order valence-electron chi connectivity index (χ1n) is 0.667. The Morgan fingerprint density at radius 2 is 1.60 bits per heavy atom. The summed E-state index contributed by atoms with van der Waals surface area (Å²) < 4.78 is 0. The molecule has 4 N–H and O–H groups in total. The third-order valence-corrected chi connectivity index (χ3v) is 0. The molecule has 0 spiro atoms. The smallest absolute Gasteiger partial charge is 0.225 e. The standard InChI is InChI=1S/CH4N2.ClH.Sn/c2-1-3;;/h1H,(H3,2,3);1H;. The molecule has 2 nitrogen and oxygen atoms in total. The van der Waals surface area contributed by atoms with E-state index in [0.717, 1.165) is 6.34 Å². The molecule has 0 rings (SSSR count). The zero-order chi connectivity index (χ0) is 2.71. The van der Waals surface area contributed by atoms with E-state index in [1.54, 1.807) is 0 Å². The summed E-state index contributed by atoms with van der Waals surface area (Å²) in [7, 11) is 0. The molecule has 0 aliphatic heterocycles. The normalized spacial score (nSPS) is 2.40. The molecule has 4 heteroatoms. The SMILES string of the molecule is NC=[NH2+].[Cl-].[Sn]. The molecular weight excluding hydrogens is 194 g/mol. The van der Waals surface area contributed by atoms with E-state index < -0.39 is 0 Å². The van der Waals surface area contributed by atoms with Crippen LogP contribution in [0.1, 0.15) is 0 Å². The van der Waals surface area contributed by atoms with Gasteiger partial charge < -0.3 is 12.4 Å². The molecule has 5 heavy (non-hydrogen) atoms. The van der Waals surface area contributed by atoms with Gasteiger partial charge in [0.25, 0.3) is 0 Å². The van der Waals surface area contributed by atoms with Crippen molar-refractivity contribution in [2.75, 3.05) is 0 Å². The van der Waals surface area contributed by atoms with Crippen molar-refractivity contribution in [2.45, 2.75) is 0 Å². The van der Waals surface area contributed by atoms with E-state index in [9.17, 15) is 0 Å².